The lowest BCUT2D eigenvalue weighted by Gasteiger charge is -2.32. The fraction of sp³-hybridized carbons (Fsp3) is 0.0337. The second kappa shape index (κ2) is 19.7. The second-order valence-electron chi connectivity index (χ2n) is 25.1. The van der Waals surface area contributed by atoms with E-state index in [4.69, 9.17) is 0 Å². The van der Waals surface area contributed by atoms with Gasteiger partial charge in [0, 0.05) is 44.1 Å². The summed E-state index contributed by atoms with van der Waals surface area (Å²) in [6, 6.07) is 126. The smallest absolute Gasteiger partial charge is 0.0725 e. The Morgan fingerprint density at radius 1 is 0.297 bits per heavy atom. The van der Waals surface area contributed by atoms with Gasteiger partial charge in [0.25, 0.3) is 0 Å². The number of hydrogen-bond acceptors (Lipinski definition) is 1. The van der Waals surface area contributed by atoms with Crippen LogP contribution >= 0.6 is 0 Å². The van der Waals surface area contributed by atoms with E-state index in [1.165, 1.54) is 133 Å². The van der Waals surface area contributed by atoms with Crippen molar-refractivity contribution in [3.8, 4) is 72.4 Å². The summed E-state index contributed by atoms with van der Waals surface area (Å²) < 4.78 is 2.53. The molecule has 0 saturated heterocycles. The minimum atomic E-state index is -0.563. The van der Waals surface area contributed by atoms with Gasteiger partial charge in [0.15, 0.2) is 0 Å². The Balaban J connectivity index is 0.906. The van der Waals surface area contributed by atoms with Gasteiger partial charge in [-0.05, 0) is 178 Å². The fourth-order valence-corrected chi connectivity index (χ4v) is 16.8. The highest BCUT2D eigenvalue weighted by Gasteiger charge is 2.52. The molecule has 1 spiro atoms. The summed E-state index contributed by atoms with van der Waals surface area (Å²) in [4.78, 5) is 2.57. The summed E-state index contributed by atoms with van der Waals surface area (Å²) in [6.45, 7) is 2.49. The van der Waals surface area contributed by atoms with E-state index in [1.54, 1.807) is 0 Å². The topological polar surface area (TPSA) is 8.17 Å². The van der Waals surface area contributed by atoms with E-state index in [0.717, 1.165) is 39.3 Å². The first kappa shape index (κ1) is 51.5. The highest BCUT2D eigenvalue weighted by molar-refractivity contribution is 6.20. The Morgan fingerprint density at radius 2 is 0.857 bits per heavy atom. The van der Waals surface area contributed by atoms with Crippen LogP contribution in [0.3, 0.4) is 0 Å². The molecular formula is C89H58N2. The molecule has 1 heterocycles. The van der Waals surface area contributed by atoms with Crippen LogP contribution in [0.4, 0.5) is 17.1 Å². The highest BCUT2D eigenvalue weighted by Crippen LogP contribution is 2.64. The van der Waals surface area contributed by atoms with E-state index in [9.17, 15) is 0 Å². The summed E-state index contributed by atoms with van der Waals surface area (Å²) in [7, 11) is 0. The van der Waals surface area contributed by atoms with Crippen LogP contribution in [0.15, 0.2) is 334 Å². The monoisotopic (exact) mass is 1150 g/mol. The molecule has 0 fully saturated rings. The van der Waals surface area contributed by atoms with Crippen LogP contribution < -0.4 is 4.90 Å². The Morgan fingerprint density at radius 3 is 1.59 bits per heavy atom. The van der Waals surface area contributed by atoms with Crippen molar-refractivity contribution in [2.24, 2.45) is 0 Å². The fourth-order valence-electron chi connectivity index (χ4n) is 16.8. The van der Waals surface area contributed by atoms with Gasteiger partial charge in [-0.1, -0.05) is 273 Å². The van der Waals surface area contributed by atoms with Crippen molar-refractivity contribution < 1.29 is 0 Å². The molecule has 1 atom stereocenters. The van der Waals surface area contributed by atoms with Crippen molar-refractivity contribution in [3.05, 3.63) is 373 Å². The minimum absolute atomic E-state index is 0.473. The van der Waals surface area contributed by atoms with Crippen molar-refractivity contribution in [3.63, 3.8) is 0 Å². The van der Waals surface area contributed by atoms with Crippen LogP contribution in [-0.2, 0) is 10.8 Å². The molecule has 3 aliphatic rings. The minimum Gasteiger partial charge on any atom is -0.309 e. The molecule has 424 valence electrons. The zero-order valence-electron chi connectivity index (χ0n) is 50.1. The van der Waals surface area contributed by atoms with E-state index in [0.29, 0.717) is 0 Å². The Bertz CT molecular complexity index is 5630. The molecule has 19 rings (SSSR count). The third kappa shape index (κ3) is 7.25. The van der Waals surface area contributed by atoms with E-state index < -0.39 is 10.8 Å². The van der Waals surface area contributed by atoms with E-state index in [1.807, 2.05) is 0 Å². The Labute approximate surface area is 529 Å². The first-order chi connectivity index (χ1) is 45.1. The van der Waals surface area contributed by atoms with Gasteiger partial charge >= 0.3 is 0 Å². The molecule has 1 unspecified atom stereocenters. The summed E-state index contributed by atoms with van der Waals surface area (Å²) in [5.41, 5.74) is 29.7. The van der Waals surface area contributed by atoms with Crippen molar-refractivity contribution >= 4 is 60.4 Å². The molecule has 3 aliphatic carbocycles. The van der Waals surface area contributed by atoms with Crippen LogP contribution in [0.5, 0.6) is 0 Å². The molecular weight excluding hydrogens is 1100 g/mol. The van der Waals surface area contributed by atoms with Gasteiger partial charge in [0.2, 0.25) is 0 Å². The maximum Gasteiger partial charge on any atom is 0.0725 e. The molecule has 0 bridgehead atoms. The average Bonchev–Trinajstić information content (AvgIpc) is 1.52. The third-order valence-corrected chi connectivity index (χ3v) is 20.6. The molecule has 15 aromatic carbocycles. The van der Waals surface area contributed by atoms with Gasteiger partial charge < -0.3 is 9.47 Å². The number of anilines is 3. The van der Waals surface area contributed by atoms with E-state index >= 15 is 0 Å². The van der Waals surface area contributed by atoms with Crippen LogP contribution in [-0.4, -0.2) is 4.57 Å². The quantitative estimate of drug-likeness (QED) is 0.147. The van der Waals surface area contributed by atoms with Gasteiger partial charge in [0.05, 0.1) is 27.8 Å². The van der Waals surface area contributed by atoms with Crippen molar-refractivity contribution in [1.82, 2.24) is 4.57 Å². The molecule has 2 heteroatoms. The molecule has 2 nitrogen and oxygen atoms in total. The first-order valence-electron chi connectivity index (χ1n) is 31.8. The molecule has 0 aliphatic heterocycles. The van der Waals surface area contributed by atoms with Crippen LogP contribution in [0.1, 0.15) is 45.9 Å². The summed E-state index contributed by atoms with van der Waals surface area (Å²) >= 11 is 0. The molecule has 0 radical (unpaired) electrons. The van der Waals surface area contributed by atoms with Gasteiger partial charge in [-0.3, -0.25) is 0 Å². The maximum absolute atomic E-state index is 2.57. The maximum atomic E-state index is 2.57. The lowest BCUT2D eigenvalue weighted by molar-refractivity contribution is 0.717. The second-order valence-corrected chi connectivity index (χ2v) is 25.1. The molecule has 0 amide bonds. The van der Waals surface area contributed by atoms with E-state index in [2.05, 4.69) is 350 Å². The van der Waals surface area contributed by atoms with Crippen LogP contribution in [0, 0.1) is 0 Å². The number of rotatable bonds is 8. The number of aromatic nitrogens is 1. The van der Waals surface area contributed by atoms with Gasteiger partial charge in [-0.25, -0.2) is 0 Å². The summed E-state index contributed by atoms with van der Waals surface area (Å²) in [6.07, 6.45) is 0. The molecule has 0 saturated carbocycles. The average molecular weight is 1160 g/mol. The van der Waals surface area contributed by atoms with Crippen molar-refractivity contribution in [1.29, 1.82) is 0 Å². The summed E-state index contributed by atoms with van der Waals surface area (Å²) in [5, 5.41) is 7.27. The Kier molecular flexibility index (Phi) is 11.1. The van der Waals surface area contributed by atoms with E-state index in [-0.39, 0.29) is 0 Å². The standard InChI is InChI=1S/C89H58N2/c1-88(62-49-47-58-27-11-12-30-60(58)53-62)77-41-18-16-37-72(77)85-86(88)75(56-76-71-36-17-22-45-83(71)91(87(76)85)63-31-9-4-10-32-63)66-38-23-40-70-65(66)39-24-46-82(70)90(84-52-48-61(57-25-5-2-6-26-57)54-73(84)59-28-7-3-8-29-59)64-50-51-81-74(55-64)69-35-15-21-44-80(69)89(81)78-42-19-13-33-67(78)68-34-14-20-43-79(68)89/h2-56H,1H3. The zero-order chi connectivity index (χ0) is 59.9. The van der Waals surface area contributed by atoms with Crippen molar-refractivity contribution in [2.75, 3.05) is 4.90 Å². The van der Waals surface area contributed by atoms with Gasteiger partial charge in [-0.2, -0.15) is 0 Å². The zero-order valence-corrected chi connectivity index (χ0v) is 50.1. The predicted molar refractivity (Wildman–Crippen MR) is 381 cm³/mol. The molecule has 91 heavy (non-hydrogen) atoms. The van der Waals surface area contributed by atoms with Gasteiger partial charge in [-0.15, -0.1) is 0 Å². The highest BCUT2D eigenvalue weighted by atomic mass is 15.1. The largest absolute Gasteiger partial charge is 0.309 e. The SMILES string of the molecule is CC1(c2ccc3ccccc3c2)c2ccccc2-c2c1c(-c1cccc3c(N(c4ccc5c(c4)-c4ccccc4C54c5ccccc5-c5ccccc54)c4ccc(-c5ccccc5)cc4-c4ccccc4)cccc13)cc1c3ccccc3n(-c3ccccc3)c21. The number of nitrogens with zero attached hydrogens (tertiary/aromatic N) is 2. The lowest BCUT2D eigenvalue weighted by atomic mass is 9.70. The summed E-state index contributed by atoms with van der Waals surface area (Å²) in [5.74, 6) is 0. The number of benzene rings is 15. The third-order valence-electron chi connectivity index (χ3n) is 20.6. The number of hydrogen-bond donors (Lipinski definition) is 0. The number of para-hydroxylation sites is 2. The first-order valence-corrected chi connectivity index (χ1v) is 31.8. The van der Waals surface area contributed by atoms with Crippen LogP contribution in [0.2, 0.25) is 0 Å². The van der Waals surface area contributed by atoms with Crippen molar-refractivity contribution in [2.45, 2.75) is 17.8 Å². The molecule has 0 N–H and O–H groups in total. The Hall–Kier alpha value is -11.6. The molecule has 1 aromatic heterocycles. The van der Waals surface area contributed by atoms with Crippen LogP contribution in [0.25, 0.3) is 116 Å². The number of fused-ring (bicyclic) bond motifs is 19. The van der Waals surface area contributed by atoms with Gasteiger partial charge in [0.1, 0.15) is 0 Å². The predicted octanol–water partition coefficient (Wildman–Crippen LogP) is 23.2. The lowest BCUT2D eigenvalue weighted by Crippen LogP contribution is -2.25. The normalized spacial score (nSPS) is 14.6. The molecule has 16 aromatic rings.